The minimum Gasteiger partial charge on any atom is -0.196 e. The van der Waals surface area contributed by atoms with Crippen LogP contribution in [-0.2, 0) is 0 Å². The monoisotopic (exact) mass is 92.0 g/mol. The molecule has 0 bridgehead atoms. The van der Waals surface area contributed by atoms with Gasteiger partial charge in [-0.2, -0.15) is 9.98 Å². The van der Waals surface area contributed by atoms with Crippen LogP contribution in [-0.4, -0.2) is 6.01 Å². The summed E-state index contributed by atoms with van der Waals surface area (Å²) in [4.78, 5) is 7.22. The lowest BCUT2D eigenvalue weighted by Crippen LogP contribution is -1.42. The smallest absolute Gasteiger partial charge is 0.0992 e. The van der Waals surface area contributed by atoms with Crippen molar-refractivity contribution in [3.8, 4) is 0 Å². The lowest BCUT2D eigenvalue weighted by atomic mass is 10.6. The summed E-state index contributed by atoms with van der Waals surface area (Å²) in [5.41, 5.74) is 0. The highest BCUT2D eigenvalue weighted by molar-refractivity contribution is 5.44. The molecule has 0 atom stereocenters. The van der Waals surface area contributed by atoms with Gasteiger partial charge in [0.25, 0.3) is 0 Å². The molecule has 2 nitrogen and oxygen atoms in total. The van der Waals surface area contributed by atoms with Gasteiger partial charge in [-0.1, -0.05) is 0 Å². The van der Waals surface area contributed by atoms with E-state index < -0.39 is 0 Å². The Morgan fingerprint density at radius 2 is 1.57 bits per heavy atom. The van der Waals surface area contributed by atoms with Gasteiger partial charge in [0, 0.05) is 12.4 Å². The van der Waals surface area contributed by atoms with Crippen molar-refractivity contribution >= 4 is 6.01 Å². The standard InChI is InChI=1S/C5H4N2/c1-2-4-7-5-6-3-1/h1-4H. The van der Waals surface area contributed by atoms with E-state index in [1.807, 2.05) is 0 Å². The summed E-state index contributed by atoms with van der Waals surface area (Å²) in [6, 6.07) is 2.42. The van der Waals surface area contributed by atoms with Crippen LogP contribution in [0.25, 0.3) is 0 Å². The lowest BCUT2D eigenvalue weighted by molar-refractivity contribution is 1.57. The lowest BCUT2D eigenvalue weighted by Gasteiger charge is -1.59. The van der Waals surface area contributed by atoms with Crippen LogP contribution in [0.15, 0.2) is 34.5 Å². The first kappa shape index (κ1) is 4.03. The first-order chi connectivity index (χ1) is 3.50. The summed E-state index contributed by atoms with van der Waals surface area (Å²) in [5, 5.41) is 0. The van der Waals surface area contributed by atoms with Gasteiger partial charge in [0.1, 0.15) is 0 Å². The Balaban J connectivity index is 2.86. The topological polar surface area (TPSA) is 24.7 Å². The van der Waals surface area contributed by atoms with Crippen molar-refractivity contribution in [2.45, 2.75) is 0 Å². The van der Waals surface area contributed by atoms with Gasteiger partial charge in [0.05, 0.1) is 6.01 Å². The molecule has 1 heterocycles. The molecule has 34 valence electrons. The normalized spacial score (nSPS) is 14.9. The third kappa shape index (κ3) is 1.16. The molecule has 1 aliphatic rings. The van der Waals surface area contributed by atoms with Crippen LogP contribution in [0.1, 0.15) is 0 Å². The predicted octanol–water partition coefficient (Wildman–Crippen LogP) is 1.20. The number of aliphatic imine (C=N–C) groups is 2. The molecule has 0 spiro atoms. The van der Waals surface area contributed by atoms with Gasteiger partial charge in [-0.15, -0.1) is 0 Å². The van der Waals surface area contributed by atoms with Crippen molar-refractivity contribution in [1.82, 2.24) is 0 Å². The zero-order valence-corrected chi connectivity index (χ0v) is 3.70. The molecule has 0 fully saturated rings. The van der Waals surface area contributed by atoms with E-state index in [-0.39, 0.29) is 0 Å². The van der Waals surface area contributed by atoms with Gasteiger partial charge >= 0.3 is 0 Å². The number of hydrogen-bond acceptors (Lipinski definition) is 2. The average Bonchev–Trinajstić information content (AvgIpc) is 1.90. The highest BCUT2D eigenvalue weighted by Gasteiger charge is 1.64. The summed E-state index contributed by atoms with van der Waals surface area (Å²) in [6.45, 7) is 0. The van der Waals surface area contributed by atoms with E-state index >= 15 is 0 Å². The molecule has 0 amide bonds. The van der Waals surface area contributed by atoms with E-state index in [0.717, 1.165) is 0 Å². The molecule has 0 aromatic heterocycles. The highest BCUT2D eigenvalue weighted by atomic mass is 14.8. The fraction of sp³-hybridized carbons (Fsp3) is 0. The molecular weight excluding hydrogens is 88.1 g/mol. The van der Waals surface area contributed by atoms with E-state index in [1.165, 1.54) is 0 Å². The number of nitrogens with zero attached hydrogens (tertiary/aromatic N) is 2. The third-order valence-corrected chi connectivity index (χ3v) is 0.548. The maximum Gasteiger partial charge on any atom is 0.0992 e. The van der Waals surface area contributed by atoms with E-state index in [0.29, 0.717) is 0 Å². The minimum absolute atomic E-state index is 1.63. The second-order valence-electron chi connectivity index (χ2n) is 1.04. The van der Waals surface area contributed by atoms with Crippen molar-refractivity contribution in [3.63, 3.8) is 0 Å². The molecule has 0 unspecified atom stereocenters. The first-order valence-electron chi connectivity index (χ1n) is 1.96. The van der Waals surface area contributed by atoms with Gasteiger partial charge in [0.15, 0.2) is 0 Å². The maximum absolute atomic E-state index is 3.61. The second kappa shape index (κ2) is 2.11. The van der Waals surface area contributed by atoms with Crippen molar-refractivity contribution in [2.75, 3.05) is 0 Å². The van der Waals surface area contributed by atoms with Crippen molar-refractivity contribution in [2.24, 2.45) is 9.98 Å². The quantitative estimate of drug-likeness (QED) is 0.429. The average molecular weight is 92.1 g/mol. The SMILES string of the molecule is C1=NC=CC=CN=1. The van der Waals surface area contributed by atoms with Gasteiger partial charge < -0.3 is 0 Å². The summed E-state index contributed by atoms with van der Waals surface area (Å²) in [6.07, 6.45) is 6.85. The number of hydrogen-bond donors (Lipinski definition) is 0. The van der Waals surface area contributed by atoms with Crippen LogP contribution < -0.4 is 0 Å². The van der Waals surface area contributed by atoms with Crippen LogP contribution in [0.4, 0.5) is 0 Å². The first-order valence-corrected chi connectivity index (χ1v) is 1.96. The summed E-state index contributed by atoms with van der Waals surface area (Å²) < 4.78 is 0. The molecule has 0 saturated carbocycles. The fourth-order valence-electron chi connectivity index (χ4n) is 0.285. The molecule has 7 heavy (non-hydrogen) atoms. The van der Waals surface area contributed by atoms with Crippen LogP contribution in [0, 0.1) is 0 Å². The summed E-state index contributed by atoms with van der Waals surface area (Å²) in [5.74, 6) is 0. The largest absolute Gasteiger partial charge is 0.196 e. The van der Waals surface area contributed by atoms with Crippen LogP contribution in [0.5, 0.6) is 0 Å². The van der Waals surface area contributed by atoms with E-state index in [2.05, 4.69) is 16.0 Å². The molecular formula is C5H4N2. The Bertz CT molecular complexity index is 143. The summed E-state index contributed by atoms with van der Waals surface area (Å²) >= 11 is 0. The molecule has 0 aromatic rings. The Hall–Kier alpha value is -1.14. The molecule has 2 heteroatoms. The van der Waals surface area contributed by atoms with Crippen LogP contribution in [0.2, 0.25) is 0 Å². The third-order valence-electron chi connectivity index (χ3n) is 0.548. The maximum atomic E-state index is 3.61. The van der Waals surface area contributed by atoms with Gasteiger partial charge in [-0.3, -0.25) is 0 Å². The Morgan fingerprint density at radius 1 is 1.00 bits per heavy atom. The van der Waals surface area contributed by atoms with Gasteiger partial charge in [0.2, 0.25) is 0 Å². The van der Waals surface area contributed by atoms with E-state index in [1.54, 1.807) is 24.6 Å². The Labute approximate surface area is 41.6 Å². The van der Waals surface area contributed by atoms with E-state index in [4.69, 9.17) is 0 Å². The summed E-state index contributed by atoms with van der Waals surface area (Å²) in [7, 11) is 0. The van der Waals surface area contributed by atoms with Gasteiger partial charge in [-0.25, -0.2) is 0 Å². The second-order valence-corrected chi connectivity index (χ2v) is 1.04. The molecule has 0 aromatic carbocycles. The highest BCUT2D eigenvalue weighted by Crippen LogP contribution is 1.81. The molecule has 1 rings (SSSR count). The molecule has 0 N–H and O–H groups in total. The number of allylic oxidation sites excluding steroid dienone is 2. The molecule has 1 aliphatic heterocycles. The van der Waals surface area contributed by atoms with Crippen molar-refractivity contribution < 1.29 is 0 Å². The molecule has 0 saturated heterocycles. The number of rotatable bonds is 0. The predicted molar refractivity (Wildman–Crippen MR) is 28.1 cm³/mol. The van der Waals surface area contributed by atoms with Crippen molar-refractivity contribution in [3.05, 3.63) is 24.6 Å². The molecule has 0 aliphatic carbocycles. The zero-order valence-electron chi connectivity index (χ0n) is 3.70. The molecule has 0 radical (unpaired) electrons. The van der Waals surface area contributed by atoms with Crippen molar-refractivity contribution in [1.29, 1.82) is 0 Å². The Kier molecular flexibility index (Phi) is 1.21. The fourth-order valence-corrected chi connectivity index (χ4v) is 0.285. The van der Waals surface area contributed by atoms with Crippen LogP contribution >= 0.6 is 0 Å². The minimum atomic E-state index is 1.63. The van der Waals surface area contributed by atoms with E-state index in [9.17, 15) is 0 Å². The zero-order chi connectivity index (χ0) is 4.95. The van der Waals surface area contributed by atoms with Crippen LogP contribution in [0.3, 0.4) is 0 Å². The van der Waals surface area contributed by atoms with Gasteiger partial charge in [-0.05, 0) is 12.2 Å². The Morgan fingerprint density at radius 3 is 2.14 bits per heavy atom.